The van der Waals surface area contributed by atoms with E-state index < -0.39 is 0 Å². The predicted octanol–water partition coefficient (Wildman–Crippen LogP) is 4.84. The number of nitrogens with zero attached hydrogens (tertiary/aromatic N) is 4. The lowest BCUT2D eigenvalue weighted by molar-refractivity contribution is 0.0955. The second-order valence-corrected chi connectivity index (χ2v) is 8.31. The molecule has 3 aromatic heterocycles. The number of nitrogens with two attached hydrogens (primary N) is 1. The first-order valence-electron chi connectivity index (χ1n) is 11.6. The number of amides is 1. The lowest BCUT2D eigenvalue weighted by Gasteiger charge is -2.05. The van der Waals surface area contributed by atoms with Gasteiger partial charge in [-0.3, -0.25) is 4.79 Å². The lowest BCUT2D eigenvalue weighted by Crippen LogP contribution is -2.25. The molecular formula is C26H27N7O. The van der Waals surface area contributed by atoms with E-state index in [1.807, 2.05) is 54.7 Å². The molecule has 4 N–H and O–H groups in total. The highest BCUT2D eigenvalue weighted by Crippen LogP contribution is 2.28. The molecule has 0 bridgehead atoms. The summed E-state index contributed by atoms with van der Waals surface area (Å²) in [5, 5.41) is 8.65. The molecule has 0 saturated heterocycles. The van der Waals surface area contributed by atoms with Crippen LogP contribution >= 0.6 is 0 Å². The second kappa shape index (κ2) is 9.35. The van der Waals surface area contributed by atoms with E-state index in [9.17, 15) is 4.79 Å². The van der Waals surface area contributed by atoms with Crippen LogP contribution in [0.2, 0.25) is 0 Å². The highest BCUT2D eigenvalue weighted by molar-refractivity contribution is 6.11. The molecule has 0 radical (unpaired) electrons. The maximum atomic E-state index is 13.1. The van der Waals surface area contributed by atoms with Gasteiger partial charge in [-0.15, -0.1) is 0 Å². The minimum absolute atomic E-state index is 0.215. The van der Waals surface area contributed by atoms with Crippen LogP contribution < -0.4 is 11.1 Å². The Morgan fingerprint density at radius 3 is 2.68 bits per heavy atom. The van der Waals surface area contributed by atoms with Gasteiger partial charge in [-0.05, 0) is 24.6 Å². The molecule has 5 rings (SSSR count). The van der Waals surface area contributed by atoms with Gasteiger partial charge in [-0.2, -0.15) is 9.78 Å². The minimum atomic E-state index is -0.260. The van der Waals surface area contributed by atoms with E-state index in [1.165, 1.54) is 4.68 Å². The van der Waals surface area contributed by atoms with E-state index in [4.69, 9.17) is 15.7 Å². The minimum Gasteiger partial charge on any atom is -0.383 e. The van der Waals surface area contributed by atoms with Crippen LogP contribution in [-0.2, 0) is 0 Å². The Bertz CT molecular complexity index is 1510. The van der Waals surface area contributed by atoms with E-state index >= 15 is 0 Å². The van der Waals surface area contributed by atoms with Crippen molar-refractivity contribution in [3.63, 3.8) is 0 Å². The third-order valence-electron chi connectivity index (χ3n) is 5.95. The number of H-pyrrole nitrogens is 1. The Morgan fingerprint density at radius 2 is 1.85 bits per heavy atom. The Labute approximate surface area is 196 Å². The molecule has 0 spiro atoms. The number of benzene rings is 2. The molecule has 0 unspecified atom stereocenters. The molecule has 8 nitrogen and oxygen atoms in total. The highest BCUT2D eigenvalue weighted by atomic mass is 16.1. The quantitative estimate of drug-likeness (QED) is 0.230. The molecule has 0 atom stereocenters. The zero-order chi connectivity index (χ0) is 23.5. The number of aromatic nitrogens is 4. The van der Waals surface area contributed by atoms with E-state index in [-0.39, 0.29) is 11.7 Å². The van der Waals surface area contributed by atoms with Gasteiger partial charge < -0.3 is 16.0 Å². The number of anilines is 1. The number of hydrogen-bond acceptors (Lipinski definition) is 5. The largest absolute Gasteiger partial charge is 0.383 e. The molecule has 8 heteroatoms. The normalized spacial score (nSPS) is 11.8. The monoisotopic (exact) mass is 453 g/mol. The molecule has 2 aromatic carbocycles. The summed E-state index contributed by atoms with van der Waals surface area (Å²) in [5.41, 5.74) is 11.0. The van der Waals surface area contributed by atoms with Crippen LogP contribution in [0.15, 0.2) is 59.8 Å². The number of nitrogen functional groups attached to an aromatic ring is 1. The summed E-state index contributed by atoms with van der Waals surface area (Å²) in [4.78, 5) is 25.8. The van der Waals surface area contributed by atoms with Gasteiger partial charge in [0.25, 0.3) is 5.91 Å². The lowest BCUT2D eigenvalue weighted by atomic mass is 10.2. The van der Waals surface area contributed by atoms with Crippen LogP contribution in [0.5, 0.6) is 0 Å². The number of hydrogen-bond donors (Lipinski definition) is 3. The summed E-state index contributed by atoms with van der Waals surface area (Å²) in [6.07, 6.45) is 7.90. The summed E-state index contributed by atoms with van der Waals surface area (Å²) >= 11 is 0. The molecular weight excluding hydrogens is 426 g/mol. The molecule has 172 valence electrons. The fraction of sp³-hybridized carbons (Fsp3) is 0.231. The Morgan fingerprint density at radius 1 is 1.09 bits per heavy atom. The van der Waals surface area contributed by atoms with Crippen LogP contribution in [0.4, 0.5) is 5.82 Å². The van der Waals surface area contributed by atoms with E-state index in [0.29, 0.717) is 34.3 Å². The SMILES string of the molecule is CCCCCCNC(=O)c1c(N)n(/N=C/c2c[nH]c3ccccc23)c2nc3ccccc3nc12. The standard InChI is InChI=1S/C26H27N7O/c1-2-3-4-9-14-28-26(34)22-23-25(32-21-13-8-7-12-20(21)31-23)33(24(22)27)30-16-17-15-29-19-11-6-5-10-18(17)19/h5-8,10-13,15-16,29H,2-4,9,14,27H2,1H3,(H,28,34)/b30-16+. The summed E-state index contributed by atoms with van der Waals surface area (Å²) in [7, 11) is 0. The van der Waals surface area contributed by atoms with Gasteiger partial charge in [-0.1, -0.05) is 56.5 Å². The van der Waals surface area contributed by atoms with Gasteiger partial charge in [-0.25, -0.2) is 9.97 Å². The average Bonchev–Trinajstić information content (AvgIpc) is 3.38. The molecule has 0 fully saturated rings. The fourth-order valence-corrected chi connectivity index (χ4v) is 4.15. The fourth-order valence-electron chi connectivity index (χ4n) is 4.15. The van der Waals surface area contributed by atoms with Crippen LogP contribution in [-0.4, -0.2) is 38.3 Å². The number of aromatic amines is 1. The van der Waals surface area contributed by atoms with Crippen molar-refractivity contribution in [3.8, 4) is 0 Å². The van der Waals surface area contributed by atoms with Gasteiger partial charge in [0.05, 0.1) is 17.2 Å². The van der Waals surface area contributed by atoms with Crippen molar-refractivity contribution in [2.24, 2.45) is 5.10 Å². The summed E-state index contributed by atoms with van der Waals surface area (Å²) in [6, 6.07) is 15.5. The van der Waals surface area contributed by atoms with Crippen molar-refractivity contribution in [2.45, 2.75) is 32.6 Å². The van der Waals surface area contributed by atoms with Crippen LogP contribution in [0.1, 0.15) is 48.5 Å². The van der Waals surface area contributed by atoms with Gasteiger partial charge in [0.15, 0.2) is 5.65 Å². The molecule has 1 amide bonds. The smallest absolute Gasteiger partial charge is 0.257 e. The third kappa shape index (κ3) is 3.98. The van der Waals surface area contributed by atoms with Crippen LogP contribution in [0.3, 0.4) is 0 Å². The molecule has 0 aliphatic rings. The zero-order valence-corrected chi connectivity index (χ0v) is 19.1. The van der Waals surface area contributed by atoms with Crippen molar-refractivity contribution >= 4 is 51.0 Å². The third-order valence-corrected chi connectivity index (χ3v) is 5.95. The van der Waals surface area contributed by atoms with Crippen molar-refractivity contribution in [1.82, 2.24) is 24.9 Å². The van der Waals surface area contributed by atoms with Crippen molar-refractivity contribution in [2.75, 3.05) is 12.3 Å². The summed E-state index contributed by atoms with van der Waals surface area (Å²) < 4.78 is 1.50. The predicted molar refractivity (Wildman–Crippen MR) is 137 cm³/mol. The maximum absolute atomic E-state index is 13.1. The number of nitrogens with one attached hydrogen (secondary N) is 2. The topological polar surface area (TPSA) is 114 Å². The first-order valence-corrected chi connectivity index (χ1v) is 11.6. The molecule has 0 aliphatic heterocycles. The zero-order valence-electron chi connectivity index (χ0n) is 19.1. The van der Waals surface area contributed by atoms with Gasteiger partial charge in [0, 0.05) is 29.2 Å². The first kappa shape index (κ1) is 21.6. The molecule has 3 heterocycles. The number of carbonyl (C=O) groups is 1. The molecule has 0 saturated carbocycles. The first-order chi connectivity index (χ1) is 16.7. The number of carbonyl (C=O) groups excluding carboxylic acids is 1. The number of para-hydroxylation sites is 3. The van der Waals surface area contributed by atoms with Gasteiger partial charge in [0.1, 0.15) is 16.9 Å². The van der Waals surface area contributed by atoms with E-state index in [0.717, 1.165) is 42.1 Å². The Balaban J connectivity index is 1.57. The molecule has 0 aliphatic carbocycles. The van der Waals surface area contributed by atoms with Crippen LogP contribution in [0, 0.1) is 0 Å². The van der Waals surface area contributed by atoms with E-state index in [2.05, 4.69) is 22.3 Å². The second-order valence-electron chi connectivity index (χ2n) is 8.31. The van der Waals surface area contributed by atoms with Crippen LogP contribution in [0.25, 0.3) is 33.1 Å². The Hall–Kier alpha value is -4.20. The summed E-state index contributed by atoms with van der Waals surface area (Å²) in [6.45, 7) is 2.75. The van der Waals surface area contributed by atoms with Crippen molar-refractivity contribution < 1.29 is 4.79 Å². The maximum Gasteiger partial charge on any atom is 0.257 e. The number of unbranched alkanes of at least 4 members (excludes halogenated alkanes) is 3. The van der Waals surface area contributed by atoms with E-state index in [1.54, 1.807) is 6.21 Å². The highest BCUT2D eigenvalue weighted by Gasteiger charge is 2.24. The molecule has 34 heavy (non-hydrogen) atoms. The van der Waals surface area contributed by atoms with Crippen molar-refractivity contribution in [3.05, 3.63) is 65.9 Å². The van der Waals surface area contributed by atoms with Gasteiger partial charge >= 0.3 is 0 Å². The summed E-state index contributed by atoms with van der Waals surface area (Å²) in [5.74, 6) is -0.0444. The number of rotatable bonds is 8. The molecule has 5 aromatic rings. The van der Waals surface area contributed by atoms with Gasteiger partial charge in [0.2, 0.25) is 0 Å². The number of fused-ring (bicyclic) bond motifs is 3. The Kier molecular flexibility index (Phi) is 5.95. The van der Waals surface area contributed by atoms with Crippen molar-refractivity contribution in [1.29, 1.82) is 0 Å². The average molecular weight is 454 g/mol.